The van der Waals surface area contributed by atoms with E-state index in [-0.39, 0.29) is 0 Å². The van der Waals surface area contributed by atoms with E-state index in [0.29, 0.717) is 17.3 Å². The predicted molar refractivity (Wildman–Crippen MR) is 72.6 cm³/mol. The molecule has 2 N–H and O–H groups in total. The summed E-state index contributed by atoms with van der Waals surface area (Å²) in [6.45, 7) is 9.04. The number of nitrogens with zero attached hydrogens (tertiary/aromatic N) is 1. The average molecular weight is 257 g/mol. The number of phenols is 1. The van der Waals surface area contributed by atoms with Crippen LogP contribution in [0.1, 0.15) is 19.4 Å². The molecule has 1 aromatic rings. The molecule has 0 unspecified atom stereocenters. The third-order valence-corrected chi connectivity index (χ3v) is 3.09. The van der Waals surface area contributed by atoms with Crippen LogP contribution >= 0.6 is 11.6 Å². The molecular weight excluding hydrogens is 236 g/mol. The van der Waals surface area contributed by atoms with Crippen molar-refractivity contribution in [3.05, 3.63) is 28.8 Å². The Morgan fingerprint density at radius 3 is 2.65 bits per heavy atom. The minimum atomic E-state index is 0.296. The van der Waals surface area contributed by atoms with Crippen molar-refractivity contribution in [1.29, 1.82) is 0 Å². The van der Waals surface area contributed by atoms with Gasteiger partial charge < -0.3 is 15.3 Å². The van der Waals surface area contributed by atoms with Crippen molar-refractivity contribution in [3.8, 4) is 5.75 Å². The Balaban J connectivity index is 2.33. The van der Waals surface area contributed by atoms with E-state index in [9.17, 15) is 5.11 Å². The van der Waals surface area contributed by atoms with E-state index >= 15 is 0 Å². The summed E-state index contributed by atoms with van der Waals surface area (Å²) in [6, 6.07) is 5.11. The Bertz CT molecular complexity index is 340. The number of hydrogen-bond acceptors (Lipinski definition) is 3. The van der Waals surface area contributed by atoms with Gasteiger partial charge in [-0.25, -0.2) is 0 Å². The first-order valence-electron chi connectivity index (χ1n) is 6.07. The Morgan fingerprint density at radius 1 is 1.29 bits per heavy atom. The Labute approximate surface area is 108 Å². The van der Waals surface area contributed by atoms with E-state index in [1.165, 1.54) is 0 Å². The molecule has 4 heteroatoms. The minimum Gasteiger partial charge on any atom is -0.508 e. The largest absolute Gasteiger partial charge is 0.508 e. The predicted octanol–water partition coefficient (Wildman–Crippen LogP) is 2.48. The molecule has 1 rings (SSSR count). The summed E-state index contributed by atoms with van der Waals surface area (Å²) in [4.78, 5) is 2.35. The summed E-state index contributed by atoms with van der Waals surface area (Å²) >= 11 is 5.88. The summed E-state index contributed by atoms with van der Waals surface area (Å²) in [5, 5.41) is 13.6. The zero-order valence-electron chi connectivity index (χ0n) is 10.5. The lowest BCUT2D eigenvalue weighted by atomic mass is 10.2. The van der Waals surface area contributed by atoms with Crippen LogP contribution in [0.5, 0.6) is 5.75 Å². The van der Waals surface area contributed by atoms with Crippen molar-refractivity contribution in [2.75, 3.05) is 26.2 Å². The van der Waals surface area contributed by atoms with Crippen LogP contribution in [0.4, 0.5) is 0 Å². The number of aromatic hydroxyl groups is 1. The van der Waals surface area contributed by atoms with Crippen molar-refractivity contribution in [2.24, 2.45) is 0 Å². The molecular formula is C13H21ClN2O. The quantitative estimate of drug-likeness (QED) is 0.736. The molecule has 1 aromatic carbocycles. The van der Waals surface area contributed by atoms with E-state index in [4.69, 9.17) is 11.6 Å². The highest BCUT2D eigenvalue weighted by Crippen LogP contribution is 2.20. The molecule has 0 aliphatic rings. The number of likely N-dealkylation sites (N-methyl/N-ethyl adjacent to an activating group) is 1. The van der Waals surface area contributed by atoms with Crippen LogP contribution in [-0.2, 0) is 6.54 Å². The van der Waals surface area contributed by atoms with Gasteiger partial charge in [0.1, 0.15) is 5.75 Å². The van der Waals surface area contributed by atoms with Gasteiger partial charge in [-0.2, -0.15) is 0 Å². The smallest absolute Gasteiger partial charge is 0.120 e. The van der Waals surface area contributed by atoms with Crippen LogP contribution in [0.3, 0.4) is 0 Å². The normalized spacial score (nSPS) is 11.1. The monoisotopic (exact) mass is 256 g/mol. The number of nitrogens with one attached hydrogen (secondary N) is 1. The molecule has 17 heavy (non-hydrogen) atoms. The molecule has 0 saturated carbocycles. The van der Waals surface area contributed by atoms with E-state index in [0.717, 1.165) is 31.7 Å². The topological polar surface area (TPSA) is 35.5 Å². The third-order valence-electron chi connectivity index (χ3n) is 2.86. The number of halogens is 1. The lowest BCUT2D eigenvalue weighted by Gasteiger charge is -2.18. The summed E-state index contributed by atoms with van der Waals surface area (Å²) in [7, 11) is 0. The summed E-state index contributed by atoms with van der Waals surface area (Å²) in [6.07, 6.45) is 0. The molecule has 0 radical (unpaired) electrons. The van der Waals surface area contributed by atoms with Gasteiger partial charge in [0.25, 0.3) is 0 Å². The van der Waals surface area contributed by atoms with Gasteiger partial charge in [-0.3, -0.25) is 0 Å². The van der Waals surface area contributed by atoms with Gasteiger partial charge in [0.15, 0.2) is 0 Å². The summed E-state index contributed by atoms with van der Waals surface area (Å²) in [5.41, 5.74) is 0.844. The molecule has 0 amide bonds. The van der Waals surface area contributed by atoms with Gasteiger partial charge in [0.2, 0.25) is 0 Å². The van der Waals surface area contributed by atoms with Gasteiger partial charge in [-0.15, -0.1) is 0 Å². The maximum atomic E-state index is 9.63. The van der Waals surface area contributed by atoms with E-state index < -0.39 is 0 Å². The van der Waals surface area contributed by atoms with Crippen molar-refractivity contribution >= 4 is 11.6 Å². The molecule has 0 spiro atoms. The third kappa shape index (κ3) is 4.94. The molecule has 0 bridgehead atoms. The van der Waals surface area contributed by atoms with Crippen molar-refractivity contribution in [2.45, 2.75) is 20.4 Å². The van der Waals surface area contributed by atoms with Gasteiger partial charge in [-0.1, -0.05) is 25.4 Å². The lowest BCUT2D eigenvalue weighted by Crippen LogP contribution is -2.31. The standard InChI is InChI=1S/C13H21ClN2O/c1-3-16(4-2)8-7-15-10-11-9-12(14)5-6-13(11)17/h5-6,9,15,17H,3-4,7-8,10H2,1-2H3. The van der Waals surface area contributed by atoms with Crippen molar-refractivity contribution in [1.82, 2.24) is 10.2 Å². The fraction of sp³-hybridized carbons (Fsp3) is 0.538. The van der Waals surface area contributed by atoms with Crippen molar-refractivity contribution < 1.29 is 5.11 Å². The molecule has 0 heterocycles. The molecule has 3 nitrogen and oxygen atoms in total. The second-order valence-electron chi connectivity index (χ2n) is 3.98. The maximum Gasteiger partial charge on any atom is 0.120 e. The minimum absolute atomic E-state index is 0.296. The molecule has 0 aliphatic carbocycles. The molecule has 0 aromatic heterocycles. The van der Waals surface area contributed by atoms with Crippen LogP contribution in [0.2, 0.25) is 5.02 Å². The first kappa shape index (κ1) is 14.3. The fourth-order valence-electron chi connectivity index (χ4n) is 1.70. The number of rotatable bonds is 7. The first-order chi connectivity index (χ1) is 8.17. The summed E-state index contributed by atoms with van der Waals surface area (Å²) < 4.78 is 0. The Hall–Kier alpha value is -0.770. The molecule has 0 aliphatic heterocycles. The first-order valence-corrected chi connectivity index (χ1v) is 6.45. The second-order valence-corrected chi connectivity index (χ2v) is 4.41. The Kier molecular flexibility index (Phi) is 6.34. The molecule has 0 fully saturated rings. The van der Waals surface area contributed by atoms with Crippen LogP contribution in [0, 0.1) is 0 Å². The van der Waals surface area contributed by atoms with Crippen LogP contribution in [0.15, 0.2) is 18.2 Å². The molecule has 96 valence electrons. The van der Waals surface area contributed by atoms with Crippen molar-refractivity contribution in [3.63, 3.8) is 0 Å². The number of benzene rings is 1. The Morgan fingerprint density at radius 2 is 2.00 bits per heavy atom. The highest BCUT2D eigenvalue weighted by molar-refractivity contribution is 6.30. The molecule has 0 atom stereocenters. The number of hydrogen-bond donors (Lipinski definition) is 2. The van der Waals surface area contributed by atoms with Gasteiger partial charge in [-0.05, 0) is 31.3 Å². The zero-order chi connectivity index (χ0) is 12.7. The van der Waals surface area contributed by atoms with E-state index in [1.54, 1.807) is 18.2 Å². The molecule has 0 saturated heterocycles. The van der Waals surface area contributed by atoms with Gasteiger partial charge in [0, 0.05) is 30.2 Å². The van der Waals surface area contributed by atoms with E-state index in [1.807, 2.05) is 0 Å². The van der Waals surface area contributed by atoms with Crippen LogP contribution < -0.4 is 5.32 Å². The zero-order valence-corrected chi connectivity index (χ0v) is 11.3. The highest BCUT2D eigenvalue weighted by Gasteiger charge is 2.02. The average Bonchev–Trinajstić information content (AvgIpc) is 2.33. The SMILES string of the molecule is CCN(CC)CCNCc1cc(Cl)ccc1O. The summed E-state index contributed by atoms with van der Waals surface area (Å²) in [5.74, 6) is 0.296. The highest BCUT2D eigenvalue weighted by atomic mass is 35.5. The maximum absolute atomic E-state index is 9.63. The van der Waals surface area contributed by atoms with E-state index in [2.05, 4.69) is 24.1 Å². The van der Waals surface area contributed by atoms with Gasteiger partial charge in [0.05, 0.1) is 0 Å². The fourth-order valence-corrected chi connectivity index (χ4v) is 1.89. The van der Waals surface area contributed by atoms with Crippen LogP contribution in [0.25, 0.3) is 0 Å². The second kappa shape index (κ2) is 7.54. The van der Waals surface area contributed by atoms with Crippen LogP contribution in [-0.4, -0.2) is 36.2 Å². The number of phenolic OH excluding ortho intramolecular Hbond substituents is 1. The van der Waals surface area contributed by atoms with Gasteiger partial charge >= 0.3 is 0 Å². The lowest BCUT2D eigenvalue weighted by molar-refractivity contribution is 0.302.